The van der Waals surface area contributed by atoms with Crippen LogP contribution in [-0.4, -0.2) is 4.98 Å². The molecule has 0 bridgehead atoms. The standard InChI is InChI=1S/C46H30N2/c1-2-15-34(16-3-1)48-42-24-8-6-22-40(42)46(41-23-7-9-25-43(41)48)39-21-5-4-17-37(39)38-20-11-18-35(44(38)46)31-26-28-32(29-27-31)36-19-10-13-33-14-12-30-47-45(33)36/h1-30H. The summed E-state index contributed by atoms with van der Waals surface area (Å²) in [6.45, 7) is 0. The zero-order chi connectivity index (χ0) is 31.7. The number of aromatic nitrogens is 1. The molecule has 2 heterocycles. The summed E-state index contributed by atoms with van der Waals surface area (Å²) in [5.41, 5.74) is 16.7. The molecule has 0 atom stereocenters. The summed E-state index contributed by atoms with van der Waals surface area (Å²) < 4.78 is 0. The Kier molecular flexibility index (Phi) is 5.82. The Morgan fingerprint density at radius 3 is 1.69 bits per heavy atom. The molecule has 8 aromatic rings. The molecule has 0 unspecified atom stereocenters. The summed E-state index contributed by atoms with van der Waals surface area (Å²) in [5, 5.41) is 1.15. The molecular weight excluding hydrogens is 581 g/mol. The smallest absolute Gasteiger partial charge is 0.0780 e. The third kappa shape index (κ3) is 3.66. The molecule has 7 aromatic carbocycles. The first-order chi connectivity index (χ1) is 23.8. The first kappa shape index (κ1) is 26.9. The Hall–Kier alpha value is -6.25. The van der Waals surface area contributed by atoms with Gasteiger partial charge in [-0.15, -0.1) is 0 Å². The van der Waals surface area contributed by atoms with Crippen LogP contribution in [0.15, 0.2) is 182 Å². The molecule has 2 heteroatoms. The van der Waals surface area contributed by atoms with E-state index in [4.69, 9.17) is 4.98 Å². The van der Waals surface area contributed by atoms with E-state index in [-0.39, 0.29) is 0 Å². The summed E-state index contributed by atoms with van der Waals surface area (Å²) >= 11 is 0. The van der Waals surface area contributed by atoms with E-state index in [2.05, 4.69) is 175 Å². The second kappa shape index (κ2) is 10.4. The van der Waals surface area contributed by atoms with Gasteiger partial charge in [-0.25, -0.2) is 0 Å². The van der Waals surface area contributed by atoms with Gasteiger partial charge in [0.1, 0.15) is 0 Å². The Labute approximate surface area is 280 Å². The normalized spacial score (nSPS) is 13.5. The lowest BCUT2D eigenvalue weighted by atomic mass is 9.63. The second-order valence-corrected chi connectivity index (χ2v) is 12.7. The van der Waals surface area contributed by atoms with Crippen LogP contribution in [0.1, 0.15) is 22.3 Å². The molecule has 0 amide bonds. The highest BCUT2D eigenvalue weighted by molar-refractivity contribution is 5.99. The van der Waals surface area contributed by atoms with Gasteiger partial charge in [-0.05, 0) is 80.4 Å². The Morgan fingerprint density at radius 2 is 0.938 bits per heavy atom. The SMILES string of the molecule is c1ccc(N2c3ccccc3C3(c4ccccc4-c4cccc(-c5ccc(-c6cccc7cccnc67)cc5)c43)c3ccccc32)cc1. The average Bonchev–Trinajstić information content (AvgIpc) is 3.46. The number of pyridine rings is 1. The van der Waals surface area contributed by atoms with Crippen molar-refractivity contribution in [2.24, 2.45) is 0 Å². The van der Waals surface area contributed by atoms with Crippen LogP contribution in [0.3, 0.4) is 0 Å². The Bertz CT molecular complexity index is 2460. The molecule has 0 saturated heterocycles. The van der Waals surface area contributed by atoms with E-state index < -0.39 is 5.41 Å². The van der Waals surface area contributed by atoms with Gasteiger partial charge in [-0.3, -0.25) is 4.98 Å². The van der Waals surface area contributed by atoms with Crippen molar-refractivity contribution in [1.82, 2.24) is 4.98 Å². The van der Waals surface area contributed by atoms with E-state index in [1.165, 1.54) is 61.4 Å². The summed E-state index contributed by atoms with van der Waals surface area (Å²) in [6, 6.07) is 64.3. The molecule has 10 rings (SSSR count). The highest BCUT2D eigenvalue weighted by atomic mass is 15.2. The van der Waals surface area contributed by atoms with Crippen LogP contribution < -0.4 is 4.90 Å². The summed E-state index contributed by atoms with van der Waals surface area (Å²) in [6.07, 6.45) is 1.88. The fraction of sp³-hybridized carbons (Fsp3) is 0.0217. The van der Waals surface area contributed by atoms with Crippen LogP contribution in [-0.2, 0) is 5.41 Å². The minimum Gasteiger partial charge on any atom is -0.310 e. The molecule has 48 heavy (non-hydrogen) atoms. The lowest BCUT2D eigenvalue weighted by Gasteiger charge is -2.45. The van der Waals surface area contributed by atoms with Gasteiger partial charge in [0.15, 0.2) is 0 Å². The van der Waals surface area contributed by atoms with Crippen LogP contribution >= 0.6 is 0 Å². The highest BCUT2D eigenvalue weighted by Gasteiger charge is 2.52. The van der Waals surface area contributed by atoms with E-state index in [0.29, 0.717) is 0 Å². The van der Waals surface area contributed by atoms with Crippen molar-refractivity contribution in [2.45, 2.75) is 5.41 Å². The Balaban J connectivity index is 1.25. The molecule has 1 aliphatic carbocycles. The van der Waals surface area contributed by atoms with Crippen LogP contribution in [0.5, 0.6) is 0 Å². The third-order valence-electron chi connectivity index (χ3n) is 10.3. The minimum atomic E-state index is -0.501. The predicted octanol–water partition coefficient (Wildman–Crippen LogP) is 11.7. The minimum absolute atomic E-state index is 0.501. The van der Waals surface area contributed by atoms with Crippen LogP contribution in [0.2, 0.25) is 0 Å². The molecule has 2 aliphatic rings. The number of anilines is 3. The maximum atomic E-state index is 4.73. The molecule has 0 radical (unpaired) electrons. The van der Waals surface area contributed by atoms with Crippen molar-refractivity contribution in [3.05, 3.63) is 204 Å². The van der Waals surface area contributed by atoms with E-state index >= 15 is 0 Å². The Morgan fingerprint density at radius 1 is 0.396 bits per heavy atom. The fourth-order valence-electron chi connectivity index (χ4n) is 8.43. The van der Waals surface area contributed by atoms with Crippen molar-refractivity contribution in [2.75, 3.05) is 4.90 Å². The molecular formula is C46H30N2. The monoisotopic (exact) mass is 610 g/mol. The fourth-order valence-corrected chi connectivity index (χ4v) is 8.43. The van der Waals surface area contributed by atoms with Gasteiger partial charge in [0.05, 0.1) is 22.3 Å². The van der Waals surface area contributed by atoms with Crippen molar-refractivity contribution >= 4 is 28.0 Å². The van der Waals surface area contributed by atoms with Crippen LogP contribution in [0.4, 0.5) is 17.1 Å². The summed E-state index contributed by atoms with van der Waals surface area (Å²) in [7, 11) is 0. The number of para-hydroxylation sites is 4. The van der Waals surface area contributed by atoms with Crippen molar-refractivity contribution < 1.29 is 0 Å². The number of rotatable bonds is 3. The van der Waals surface area contributed by atoms with Crippen molar-refractivity contribution in [3.8, 4) is 33.4 Å². The summed E-state index contributed by atoms with van der Waals surface area (Å²) in [5.74, 6) is 0. The number of hydrogen-bond donors (Lipinski definition) is 0. The molecule has 1 aliphatic heterocycles. The average molecular weight is 611 g/mol. The maximum Gasteiger partial charge on any atom is 0.0780 e. The highest BCUT2D eigenvalue weighted by Crippen LogP contribution is 2.64. The van der Waals surface area contributed by atoms with Gasteiger partial charge < -0.3 is 4.90 Å². The lowest BCUT2D eigenvalue weighted by Crippen LogP contribution is -2.36. The first-order valence-electron chi connectivity index (χ1n) is 16.6. The van der Waals surface area contributed by atoms with Crippen molar-refractivity contribution in [1.29, 1.82) is 0 Å². The van der Waals surface area contributed by atoms with Crippen molar-refractivity contribution in [3.63, 3.8) is 0 Å². The molecule has 0 saturated carbocycles. The maximum absolute atomic E-state index is 4.73. The molecule has 0 N–H and O–H groups in total. The number of nitrogens with zero attached hydrogens (tertiary/aromatic N) is 2. The van der Waals surface area contributed by atoms with E-state index in [0.717, 1.165) is 22.2 Å². The first-order valence-corrected chi connectivity index (χ1v) is 16.6. The third-order valence-corrected chi connectivity index (χ3v) is 10.3. The van der Waals surface area contributed by atoms with E-state index in [1.54, 1.807) is 0 Å². The van der Waals surface area contributed by atoms with Gasteiger partial charge >= 0.3 is 0 Å². The lowest BCUT2D eigenvalue weighted by molar-refractivity contribution is 0.754. The molecule has 1 aromatic heterocycles. The zero-order valence-electron chi connectivity index (χ0n) is 26.2. The zero-order valence-corrected chi connectivity index (χ0v) is 26.2. The van der Waals surface area contributed by atoms with Crippen LogP contribution in [0.25, 0.3) is 44.3 Å². The van der Waals surface area contributed by atoms with Gasteiger partial charge in [0, 0.05) is 22.8 Å². The topological polar surface area (TPSA) is 16.1 Å². The molecule has 0 fully saturated rings. The van der Waals surface area contributed by atoms with Crippen LogP contribution in [0, 0.1) is 0 Å². The second-order valence-electron chi connectivity index (χ2n) is 12.7. The summed E-state index contributed by atoms with van der Waals surface area (Å²) in [4.78, 5) is 7.17. The number of fused-ring (bicyclic) bond motifs is 10. The predicted molar refractivity (Wildman–Crippen MR) is 198 cm³/mol. The van der Waals surface area contributed by atoms with Gasteiger partial charge in [-0.1, -0.05) is 146 Å². The van der Waals surface area contributed by atoms with E-state index in [1.807, 2.05) is 12.3 Å². The molecule has 1 spiro atoms. The largest absolute Gasteiger partial charge is 0.310 e. The number of hydrogen-bond acceptors (Lipinski definition) is 2. The molecule has 2 nitrogen and oxygen atoms in total. The molecule has 224 valence electrons. The van der Waals surface area contributed by atoms with Gasteiger partial charge in [-0.2, -0.15) is 0 Å². The quantitative estimate of drug-likeness (QED) is 0.198. The van der Waals surface area contributed by atoms with Gasteiger partial charge in [0.2, 0.25) is 0 Å². The number of benzene rings is 7. The van der Waals surface area contributed by atoms with Gasteiger partial charge in [0.25, 0.3) is 0 Å². The van der Waals surface area contributed by atoms with E-state index in [9.17, 15) is 0 Å².